The number of sulfone groups is 1. The van der Waals surface area contributed by atoms with Crippen LogP contribution in [0.25, 0.3) is 0 Å². The third-order valence-electron chi connectivity index (χ3n) is 2.44. The van der Waals surface area contributed by atoms with Crippen LogP contribution in [0.1, 0.15) is 5.56 Å². The second kappa shape index (κ2) is 5.00. The van der Waals surface area contributed by atoms with Crippen LogP contribution in [0.4, 0.5) is 4.39 Å². The summed E-state index contributed by atoms with van der Waals surface area (Å²) < 4.78 is 38.1. The number of rotatable bonds is 2. The first-order chi connectivity index (χ1) is 8.95. The van der Waals surface area contributed by atoms with Crippen LogP contribution in [0.2, 0.25) is 5.02 Å². The molecule has 2 aromatic rings. The molecule has 0 atom stereocenters. The number of benzene rings is 2. The van der Waals surface area contributed by atoms with Crippen molar-refractivity contribution < 1.29 is 12.8 Å². The zero-order valence-corrected chi connectivity index (χ0v) is 11.0. The van der Waals surface area contributed by atoms with Crippen LogP contribution in [0.3, 0.4) is 0 Å². The summed E-state index contributed by atoms with van der Waals surface area (Å²) in [5.41, 5.74) is 0.0995. The van der Waals surface area contributed by atoms with Crippen molar-refractivity contribution in [1.29, 1.82) is 5.26 Å². The van der Waals surface area contributed by atoms with E-state index in [0.717, 1.165) is 18.2 Å². The van der Waals surface area contributed by atoms with Crippen LogP contribution in [-0.2, 0) is 9.84 Å². The van der Waals surface area contributed by atoms with E-state index in [4.69, 9.17) is 16.9 Å². The summed E-state index contributed by atoms with van der Waals surface area (Å²) in [6.07, 6.45) is 0. The molecule has 2 rings (SSSR count). The predicted molar refractivity (Wildman–Crippen MR) is 68.0 cm³/mol. The van der Waals surface area contributed by atoms with Gasteiger partial charge in [0.25, 0.3) is 0 Å². The van der Waals surface area contributed by atoms with Gasteiger partial charge in [-0.25, -0.2) is 12.8 Å². The van der Waals surface area contributed by atoms with Gasteiger partial charge in [0, 0.05) is 5.02 Å². The Morgan fingerprint density at radius 1 is 1.16 bits per heavy atom. The van der Waals surface area contributed by atoms with E-state index >= 15 is 0 Å². The molecule has 0 aliphatic rings. The Kier molecular flexibility index (Phi) is 3.56. The molecule has 6 heteroatoms. The van der Waals surface area contributed by atoms with Gasteiger partial charge in [-0.2, -0.15) is 5.26 Å². The molecule has 2 aromatic carbocycles. The summed E-state index contributed by atoms with van der Waals surface area (Å²) in [6, 6.07) is 10.5. The van der Waals surface area contributed by atoms with Crippen LogP contribution in [0.5, 0.6) is 0 Å². The van der Waals surface area contributed by atoms with Gasteiger partial charge < -0.3 is 0 Å². The largest absolute Gasteiger partial charge is 0.218 e. The number of hydrogen-bond acceptors (Lipinski definition) is 3. The van der Waals surface area contributed by atoms with E-state index in [1.165, 1.54) is 24.3 Å². The van der Waals surface area contributed by atoms with Crippen molar-refractivity contribution in [1.82, 2.24) is 0 Å². The first kappa shape index (κ1) is 13.5. The van der Waals surface area contributed by atoms with E-state index in [0.29, 0.717) is 0 Å². The lowest BCUT2D eigenvalue weighted by molar-refractivity contribution is 0.567. The molecule has 0 bridgehead atoms. The highest BCUT2D eigenvalue weighted by Gasteiger charge is 2.22. The first-order valence-electron chi connectivity index (χ1n) is 5.15. The summed E-state index contributed by atoms with van der Waals surface area (Å²) >= 11 is 5.75. The Balaban J connectivity index is 2.68. The summed E-state index contributed by atoms with van der Waals surface area (Å²) in [5, 5.41) is 8.91. The van der Waals surface area contributed by atoms with Crippen LogP contribution in [0.15, 0.2) is 52.3 Å². The van der Waals surface area contributed by atoms with E-state index in [1.807, 2.05) is 0 Å². The molecule has 0 aromatic heterocycles. The fourth-order valence-electron chi connectivity index (χ4n) is 1.57. The maximum Gasteiger partial charge on any atom is 0.209 e. The van der Waals surface area contributed by atoms with Gasteiger partial charge in [-0.15, -0.1) is 0 Å². The molecule has 0 saturated heterocycles. The summed E-state index contributed by atoms with van der Waals surface area (Å²) in [6.45, 7) is 0. The topological polar surface area (TPSA) is 57.9 Å². The molecule has 19 heavy (non-hydrogen) atoms. The molecule has 0 heterocycles. The Hall–Kier alpha value is -1.90. The summed E-state index contributed by atoms with van der Waals surface area (Å²) in [7, 11) is -4.04. The molecule has 3 nitrogen and oxygen atoms in total. The van der Waals surface area contributed by atoms with Gasteiger partial charge in [0.2, 0.25) is 9.84 Å². The molecule has 0 fully saturated rings. The zero-order chi connectivity index (χ0) is 14.0. The van der Waals surface area contributed by atoms with Crippen molar-refractivity contribution in [2.45, 2.75) is 9.79 Å². The lowest BCUT2D eigenvalue weighted by atomic mass is 10.2. The van der Waals surface area contributed by atoms with Gasteiger partial charge in [-0.3, -0.25) is 0 Å². The second-order valence-corrected chi connectivity index (χ2v) is 6.08. The molecule has 0 radical (unpaired) electrons. The Labute approximate surface area is 114 Å². The molecule has 0 amide bonds. The third kappa shape index (κ3) is 2.60. The number of halogens is 2. The number of nitrogens with zero attached hydrogens (tertiary/aromatic N) is 1. The van der Waals surface area contributed by atoms with E-state index in [-0.39, 0.29) is 15.5 Å². The summed E-state index contributed by atoms with van der Waals surface area (Å²) in [5.74, 6) is -0.846. The highest BCUT2D eigenvalue weighted by atomic mass is 35.5. The normalized spacial score (nSPS) is 11.0. The highest BCUT2D eigenvalue weighted by molar-refractivity contribution is 7.91. The Bertz CT molecular complexity index is 781. The van der Waals surface area contributed by atoms with E-state index in [9.17, 15) is 12.8 Å². The minimum atomic E-state index is -4.04. The second-order valence-electron chi connectivity index (χ2n) is 3.72. The van der Waals surface area contributed by atoms with Crippen molar-refractivity contribution in [3.05, 3.63) is 58.9 Å². The fraction of sp³-hybridized carbons (Fsp3) is 0. The average Bonchev–Trinajstić information content (AvgIpc) is 2.38. The van der Waals surface area contributed by atoms with Crippen molar-refractivity contribution >= 4 is 21.4 Å². The highest BCUT2D eigenvalue weighted by Crippen LogP contribution is 2.26. The van der Waals surface area contributed by atoms with Gasteiger partial charge in [-0.1, -0.05) is 23.7 Å². The van der Waals surface area contributed by atoms with Crippen LogP contribution >= 0.6 is 11.6 Å². The smallest absolute Gasteiger partial charge is 0.209 e. The monoisotopic (exact) mass is 295 g/mol. The summed E-state index contributed by atoms with van der Waals surface area (Å²) in [4.78, 5) is -0.650. The van der Waals surface area contributed by atoms with Crippen molar-refractivity contribution in [3.63, 3.8) is 0 Å². The van der Waals surface area contributed by atoms with Crippen molar-refractivity contribution in [3.8, 4) is 6.07 Å². The van der Waals surface area contributed by atoms with Gasteiger partial charge in [0.1, 0.15) is 10.7 Å². The lowest BCUT2D eigenvalue weighted by Gasteiger charge is -2.06. The maximum atomic E-state index is 13.6. The first-order valence-corrected chi connectivity index (χ1v) is 7.01. The van der Waals surface area contributed by atoms with Crippen molar-refractivity contribution in [2.75, 3.05) is 0 Å². The zero-order valence-electron chi connectivity index (χ0n) is 9.47. The van der Waals surface area contributed by atoms with E-state index in [1.54, 1.807) is 6.07 Å². The van der Waals surface area contributed by atoms with Crippen LogP contribution in [0, 0.1) is 17.1 Å². The average molecular weight is 296 g/mol. The molecule has 0 aliphatic heterocycles. The molecular formula is C13H7ClFNO2S. The lowest BCUT2D eigenvalue weighted by Crippen LogP contribution is -2.05. The number of hydrogen-bond donors (Lipinski definition) is 0. The van der Waals surface area contributed by atoms with Crippen LogP contribution < -0.4 is 0 Å². The van der Waals surface area contributed by atoms with E-state index < -0.39 is 20.5 Å². The molecule has 0 N–H and O–H groups in total. The molecule has 0 spiro atoms. The third-order valence-corrected chi connectivity index (χ3v) is 4.42. The molecule has 0 saturated carbocycles. The predicted octanol–water partition coefficient (Wildman–Crippen LogP) is 3.18. The molecule has 96 valence electrons. The fourth-order valence-corrected chi connectivity index (χ4v) is 3.27. The Morgan fingerprint density at radius 2 is 1.84 bits per heavy atom. The van der Waals surface area contributed by atoms with Gasteiger partial charge in [-0.05, 0) is 30.3 Å². The quantitative estimate of drug-likeness (QED) is 0.855. The molecule has 0 aliphatic carbocycles. The standard InChI is InChI=1S/C13H7ClFNO2S/c14-10-5-9(8-16)6-11(7-10)19(17,18)13-4-2-1-3-12(13)15/h1-7H. The van der Waals surface area contributed by atoms with Gasteiger partial charge in [0.05, 0.1) is 16.5 Å². The van der Waals surface area contributed by atoms with Gasteiger partial charge >= 0.3 is 0 Å². The minimum absolute atomic E-state index is 0.0995. The SMILES string of the molecule is N#Cc1cc(Cl)cc(S(=O)(=O)c2ccccc2F)c1. The van der Waals surface area contributed by atoms with Crippen molar-refractivity contribution in [2.24, 2.45) is 0 Å². The molecular weight excluding hydrogens is 289 g/mol. The van der Waals surface area contributed by atoms with E-state index in [2.05, 4.69) is 0 Å². The minimum Gasteiger partial charge on any atom is -0.218 e. The van der Waals surface area contributed by atoms with Gasteiger partial charge in [0.15, 0.2) is 0 Å². The Morgan fingerprint density at radius 3 is 2.47 bits per heavy atom. The number of nitriles is 1. The molecule has 0 unspecified atom stereocenters. The van der Waals surface area contributed by atoms with Crippen LogP contribution in [-0.4, -0.2) is 8.42 Å². The maximum absolute atomic E-state index is 13.6.